The van der Waals surface area contributed by atoms with E-state index in [1.165, 1.54) is 52.5 Å². The first kappa shape index (κ1) is 24.8. The Labute approximate surface area is 209 Å². The second kappa shape index (κ2) is 9.37. The van der Waals surface area contributed by atoms with E-state index in [9.17, 15) is 9.59 Å². The molecule has 36 heavy (non-hydrogen) atoms. The maximum Gasteiger partial charge on any atom is 0.261 e. The number of amides is 2. The number of likely N-dealkylation sites (N-methyl/N-ethyl adjacent to an activating group) is 2. The quantitative estimate of drug-likeness (QED) is 0.551. The fourth-order valence-electron chi connectivity index (χ4n) is 4.64. The summed E-state index contributed by atoms with van der Waals surface area (Å²) in [7, 11) is 12.3. The zero-order valence-electron chi connectivity index (χ0n) is 21.5. The van der Waals surface area contributed by atoms with Gasteiger partial charge in [0.15, 0.2) is 23.0 Å². The third-order valence-corrected chi connectivity index (χ3v) is 6.31. The first-order chi connectivity index (χ1) is 17.3. The number of methoxy groups -OCH3 is 6. The van der Waals surface area contributed by atoms with E-state index >= 15 is 0 Å². The average Bonchev–Trinajstić information content (AvgIpc) is 3.31. The molecule has 0 bridgehead atoms. The van der Waals surface area contributed by atoms with Crippen LogP contribution in [0.3, 0.4) is 0 Å². The predicted molar refractivity (Wildman–Crippen MR) is 132 cm³/mol. The first-order valence-corrected chi connectivity index (χ1v) is 10.9. The van der Waals surface area contributed by atoms with E-state index in [0.29, 0.717) is 57.0 Å². The maximum absolute atomic E-state index is 13.6. The number of rotatable bonds is 8. The number of hydrogen-bond acceptors (Lipinski definition) is 8. The molecule has 10 heteroatoms. The maximum atomic E-state index is 13.6. The molecule has 0 unspecified atom stereocenters. The highest BCUT2D eigenvalue weighted by atomic mass is 16.5. The lowest BCUT2D eigenvalue weighted by Crippen LogP contribution is -2.25. The highest BCUT2D eigenvalue weighted by molar-refractivity contribution is 6.30. The van der Waals surface area contributed by atoms with Crippen molar-refractivity contribution < 1.29 is 38.0 Å². The van der Waals surface area contributed by atoms with E-state index in [2.05, 4.69) is 0 Å². The van der Waals surface area contributed by atoms with E-state index < -0.39 is 0 Å². The summed E-state index contributed by atoms with van der Waals surface area (Å²) in [5, 5.41) is 0. The topological polar surface area (TPSA) is 96.0 Å². The summed E-state index contributed by atoms with van der Waals surface area (Å²) in [6.45, 7) is 0. The van der Waals surface area contributed by atoms with Gasteiger partial charge in [-0.3, -0.25) is 9.59 Å². The Bertz CT molecular complexity index is 1180. The van der Waals surface area contributed by atoms with Crippen LogP contribution in [0.15, 0.2) is 35.4 Å². The van der Waals surface area contributed by atoms with Gasteiger partial charge in [-0.25, -0.2) is 0 Å². The van der Waals surface area contributed by atoms with Gasteiger partial charge >= 0.3 is 0 Å². The molecule has 0 fully saturated rings. The minimum Gasteiger partial charge on any atom is -0.493 e. The molecule has 0 aromatic heterocycles. The second-order valence-electron chi connectivity index (χ2n) is 8.00. The third kappa shape index (κ3) is 3.48. The van der Waals surface area contributed by atoms with Gasteiger partial charge in [-0.1, -0.05) is 0 Å². The van der Waals surface area contributed by atoms with Crippen molar-refractivity contribution >= 4 is 23.2 Å². The molecule has 2 amide bonds. The van der Waals surface area contributed by atoms with Crippen LogP contribution in [0, 0.1) is 0 Å². The molecular formula is C26H28N2O8. The van der Waals surface area contributed by atoms with Crippen molar-refractivity contribution in [2.75, 3.05) is 56.8 Å². The molecule has 0 saturated carbocycles. The van der Waals surface area contributed by atoms with Crippen LogP contribution in [0.25, 0.3) is 11.4 Å². The van der Waals surface area contributed by atoms with Crippen molar-refractivity contribution in [2.24, 2.45) is 0 Å². The van der Waals surface area contributed by atoms with Crippen molar-refractivity contribution in [1.82, 2.24) is 9.80 Å². The Hall–Kier alpha value is -4.34. The standard InChI is InChI=1S/C26H28N2O8/c1-27-21(13-9-15(31-3)23(35-7)16(10-13)32-4)19-20(25(27)29)22(28(2)26(19)30)14-11-17(33-5)24(36-8)18(12-14)34-6/h9-12H,1-8H3. The summed E-state index contributed by atoms with van der Waals surface area (Å²) in [5.74, 6) is 1.79. The summed E-state index contributed by atoms with van der Waals surface area (Å²) in [4.78, 5) is 30.1. The monoisotopic (exact) mass is 496 g/mol. The molecule has 190 valence electrons. The van der Waals surface area contributed by atoms with Gasteiger partial charge in [-0.05, 0) is 24.3 Å². The lowest BCUT2D eigenvalue weighted by atomic mass is 10.0. The fraction of sp³-hybridized carbons (Fsp3) is 0.308. The van der Waals surface area contributed by atoms with Crippen LogP contribution in [0.1, 0.15) is 11.1 Å². The van der Waals surface area contributed by atoms with E-state index in [0.717, 1.165) is 0 Å². The van der Waals surface area contributed by atoms with Gasteiger partial charge < -0.3 is 38.2 Å². The molecule has 2 aromatic rings. The van der Waals surface area contributed by atoms with Crippen LogP contribution in [-0.4, -0.2) is 78.4 Å². The molecule has 0 atom stereocenters. The first-order valence-electron chi connectivity index (χ1n) is 10.9. The zero-order valence-corrected chi connectivity index (χ0v) is 21.5. The van der Waals surface area contributed by atoms with E-state index in [1.807, 2.05) is 0 Å². The lowest BCUT2D eigenvalue weighted by Gasteiger charge is -2.22. The number of nitrogens with zero attached hydrogens (tertiary/aromatic N) is 2. The van der Waals surface area contributed by atoms with Crippen LogP contribution in [0.5, 0.6) is 34.5 Å². The number of fused-ring (bicyclic) bond motifs is 1. The predicted octanol–water partition coefficient (Wildman–Crippen LogP) is 2.80. The average molecular weight is 497 g/mol. The van der Waals surface area contributed by atoms with Gasteiger partial charge in [0.25, 0.3) is 11.8 Å². The van der Waals surface area contributed by atoms with Gasteiger partial charge in [0.05, 0.1) is 65.2 Å². The number of ether oxygens (including phenoxy) is 6. The molecule has 2 aliphatic rings. The van der Waals surface area contributed by atoms with Gasteiger partial charge in [0, 0.05) is 25.2 Å². The van der Waals surface area contributed by atoms with Crippen LogP contribution < -0.4 is 28.4 Å². The molecule has 2 aromatic carbocycles. The molecule has 0 radical (unpaired) electrons. The summed E-state index contributed by atoms with van der Waals surface area (Å²) in [5.41, 5.74) is 2.57. The highest BCUT2D eigenvalue weighted by Gasteiger charge is 2.47. The van der Waals surface area contributed by atoms with Crippen molar-refractivity contribution in [3.8, 4) is 34.5 Å². The SMILES string of the molecule is COc1cc(C2=C3C(=O)N(C)C(c4cc(OC)c(OC)c(OC)c4)=C3C(=O)N2C)cc(OC)c1OC. The lowest BCUT2D eigenvalue weighted by molar-refractivity contribution is -0.123. The molecule has 10 nitrogen and oxygen atoms in total. The normalized spacial score (nSPS) is 15.0. The Morgan fingerprint density at radius 3 is 1.00 bits per heavy atom. The molecule has 4 rings (SSSR count). The number of hydrogen-bond donors (Lipinski definition) is 0. The molecule has 2 heterocycles. The molecular weight excluding hydrogens is 468 g/mol. The summed E-state index contributed by atoms with van der Waals surface area (Å²) < 4.78 is 32.8. The van der Waals surface area contributed by atoms with Crippen molar-refractivity contribution in [1.29, 1.82) is 0 Å². The minimum atomic E-state index is -0.324. The third-order valence-electron chi connectivity index (χ3n) is 6.31. The summed E-state index contributed by atoms with van der Waals surface area (Å²) in [6, 6.07) is 6.84. The fourth-order valence-corrected chi connectivity index (χ4v) is 4.64. The molecule has 0 saturated heterocycles. The van der Waals surface area contributed by atoms with Crippen molar-refractivity contribution in [3.05, 3.63) is 46.5 Å². The van der Waals surface area contributed by atoms with Gasteiger partial charge in [0.1, 0.15) is 0 Å². The van der Waals surface area contributed by atoms with E-state index in [1.54, 1.807) is 38.4 Å². The van der Waals surface area contributed by atoms with Crippen LogP contribution >= 0.6 is 0 Å². The second-order valence-corrected chi connectivity index (χ2v) is 8.00. The number of carbonyl (C=O) groups excluding carboxylic acids is 2. The minimum absolute atomic E-state index is 0.281. The Balaban J connectivity index is 2.01. The Morgan fingerprint density at radius 1 is 0.500 bits per heavy atom. The number of carbonyl (C=O) groups is 2. The Morgan fingerprint density at radius 2 is 0.778 bits per heavy atom. The van der Waals surface area contributed by atoms with Crippen LogP contribution in [-0.2, 0) is 9.59 Å². The smallest absolute Gasteiger partial charge is 0.261 e. The van der Waals surface area contributed by atoms with Gasteiger partial charge in [-0.15, -0.1) is 0 Å². The van der Waals surface area contributed by atoms with Crippen molar-refractivity contribution in [3.63, 3.8) is 0 Å². The summed E-state index contributed by atoms with van der Waals surface area (Å²) in [6.07, 6.45) is 0. The van der Waals surface area contributed by atoms with E-state index in [4.69, 9.17) is 28.4 Å². The van der Waals surface area contributed by atoms with E-state index in [-0.39, 0.29) is 23.0 Å². The number of benzene rings is 2. The molecule has 0 spiro atoms. The molecule has 2 aliphatic heterocycles. The van der Waals surface area contributed by atoms with Gasteiger partial charge in [0.2, 0.25) is 11.5 Å². The van der Waals surface area contributed by atoms with Crippen molar-refractivity contribution in [2.45, 2.75) is 0 Å². The van der Waals surface area contributed by atoms with Crippen LogP contribution in [0.2, 0.25) is 0 Å². The van der Waals surface area contributed by atoms with Gasteiger partial charge in [-0.2, -0.15) is 0 Å². The Kier molecular flexibility index (Phi) is 6.45. The van der Waals surface area contributed by atoms with Crippen LogP contribution in [0.4, 0.5) is 0 Å². The zero-order chi connectivity index (χ0) is 26.3. The summed E-state index contributed by atoms with van der Waals surface area (Å²) >= 11 is 0. The molecule has 0 aliphatic carbocycles. The molecule has 0 N–H and O–H groups in total. The largest absolute Gasteiger partial charge is 0.493 e. The highest BCUT2D eigenvalue weighted by Crippen LogP contribution is 2.49.